The van der Waals surface area contributed by atoms with Crippen LogP contribution in [0.15, 0.2) is 18.3 Å². The highest BCUT2D eigenvalue weighted by Crippen LogP contribution is 2.28. The van der Waals surface area contributed by atoms with Crippen molar-refractivity contribution in [2.75, 3.05) is 5.75 Å². The Morgan fingerprint density at radius 3 is 3.18 bits per heavy atom. The van der Waals surface area contributed by atoms with Crippen LogP contribution in [0.2, 0.25) is 0 Å². The fraction of sp³-hybridized carbons (Fsp3) is 0.500. The van der Waals surface area contributed by atoms with E-state index >= 15 is 0 Å². The summed E-state index contributed by atoms with van der Waals surface area (Å²) >= 11 is 2.06. The zero-order chi connectivity index (χ0) is 11.7. The van der Waals surface area contributed by atoms with Gasteiger partial charge in [-0.15, -0.1) is 10.2 Å². The van der Waals surface area contributed by atoms with Gasteiger partial charge in [0.15, 0.2) is 5.65 Å². The monoisotopic (exact) mass is 248 g/mol. The second kappa shape index (κ2) is 4.66. The van der Waals surface area contributed by atoms with Crippen molar-refractivity contribution in [3.8, 4) is 0 Å². The summed E-state index contributed by atoms with van der Waals surface area (Å²) in [7, 11) is 0. The molecule has 1 aliphatic rings. The zero-order valence-electron chi connectivity index (χ0n) is 9.67. The first-order valence-electron chi connectivity index (χ1n) is 6.01. The SMILES string of the molecule is NCc1ccn2c(CC3CCCS3)nnc2c1. The van der Waals surface area contributed by atoms with Gasteiger partial charge in [-0.1, -0.05) is 0 Å². The summed E-state index contributed by atoms with van der Waals surface area (Å²) in [5.41, 5.74) is 7.63. The third-order valence-corrected chi connectivity index (χ3v) is 4.61. The Morgan fingerprint density at radius 2 is 2.41 bits per heavy atom. The lowest BCUT2D eigenvalue weighted by molar-refractivity contribution is 0.738. The highest BCUT2D eigenvalue weighted by atomic mass is 32.2. The Labute approximate surface area is 105 Å². The molecular weight excluding hydrogens is 232 g/mol. The lowest BCUT2D eigenvalue weighted by Crippen LogP contribution is -2.06. The van der Waals surface area contributed by atoms with Gasteiger partial charge in [0, 0.05) is 24.4 Å². The number of thioether (sulfide) groups is 1. The van der Waals surface area contributed by atoms with Gasteiger partial charge in [-0.3, -0.25) is 4.40 Å². The normalized spacial score (nSPS) is 20.2. The van der Waals surface area contributed by atoms with Crippen LogP contribution in [0.1, 0.15) is 24.2 Å². The maximum absolute atomic E-state index is 5.62. The van der Waals surface area contributed by atoms with Crippen molar-refractivity contribution < 1.29 is 0 Å². The highest BCUT2D eigenvalue weighted by Gasteiger charge is 2.18. The van der Waals surface area contributed by atoms with Crippen LogP contribution in [0.3, 0.4) is 0 Å². The largest absolute Gasteiger partial charge is 0.326 e. The molecule has 0 radical (unpaired) electrons. The van der Waals surface area contributed by atoms with Crippen LogP contribution < -0.4 is 5.73 Å². The van der Waals surface area contributed by atoms with Gasteiger partial charge in [0.1, 0.15) is 5.82 Å². The number of rotatable bonds is 3. The minimum absolute atomic E-state index is 0.553. The summed E-state index contributed by atoms with van der Waals surface area (Å²) in [6.07, 6.45) is 5.70. The van der Waals surface area contributed by atoms with Crippen LogP contribution >= 0.6 is 11.8 Å². The molecule has 0 aromatic carbocycles. The van der Waals surface area contributed by atoms with Crippen LogP contribution in [-0.2, 0) is 13.0 Å². The van der Waals surface area contributed by atoms with Gasteiger partial charge in [0.25, 0.3) is 0 Å². The molecule has 1 aliphatic heterocycles. The molecular formula is C12H16N4S. The van der Waals surface area contributed by atoms with Crippen LogP contribution in [0.4, 0.5) is 0 Å². The van der Waals surface area contributed by atoms with Crippen LogP contribution in [-0.4, -0.2) is 25.6 Å². The van der Waals surface area contributed by atoms with E-state index in [0.29, 0.717) is 6.54 Å². The molecule has 4 nitrogen and oxygen atoms in total. The quantitative estimate of drug-likeness (QED) is 0.897. The third kappa shape index (κ3) is 2.17. The molecule has 3 heterocycles. The molecule has 0 aliphatic carbocycles. The molecule has 1 fully saturated rings. The minimum Gasteiger partial charge on any atom is -0.326 e. The number of fused-ring (bicyclic) bond motifs is 1. The smallest absolute Gasteiger partial charge is 0.161 e. The van der Waals surface area contributed by atoms with Gasteiger partial charge in [-0.05, 0) is 36.3 Å². The fourth-order valence-electron chi connectivity index (χ4n) is 2.26. The van der Waals surface area contributed by atoms with Crippen molar-refractivity contribution >= 4 is 17.4 Å². The van der Waals surface area contributed by atoms with E-state index in [2.05, 4.69) is 26.4 Å². The van der Waals surface area contributed by atoms with Gasteiger partial charge in [0.2, 0.25) is 0 Å². The van der Waals surface area contributed by atoms with Crippen molar-refractivity contribution in [2.24, 2.45) is 5.73 Å². The van der Waals surface area contributed by atoms with Crippen molar-refractivity contribution in [3.63, 3.8) is 0 Å². The summed E-state index contributed by atoms with van der Waals surface area (Å²) < 4.78 is 2.08. The van der Waals surface area contributed by atoms with Crippen molar-refractivity contribution in [2.45, 2.75) is 31.1 Å². The molecule has 1 atom stereocenters. The first-order chi connectivity index (χ1) is 8.36. The molecule has 0 spiro atoms. The summed E-state index contributed by atoms with van der Waals surface area (Å²) in [5.74, 6) is 2.36. The molecule has 90 valence electrons. The molecule has 5 heteroatoms. The third-order valence-electron chi connectivity index (χ3n) is 3.21. The Bertz CT molecular complexity index is 516. The predicted octanol–water partition coefficient (Wildman–Crippen LogP) is 1.63. The molecule has 1 saturated heterocycles. The molecule has 2 N–H and O–H groups in total. The summed E-state index contributed by atoms with van der Waals surface area (Å²) in [4.78, 5) is 0. The Morgan fingerprint density at radius 1 is 1.47 bits per heavy atom. The number of nitrogens with zero attached hydrogens (tertiary/aromatic N) is 3. The van der Waals surface area contributed by atoms with Gasteiger partial charge >= 0.3 is 0 Å². The van der Waals surface area contributed by atoms with E-state index in [-0.39, 0.29) is 0 Å². The van der Waals surface area contributed by atoms with Crippen molar-refractivity contribution in [1.82, 2.24) is 14.6 Å². The average molecular weight is 248 g/mol. The summed E-state index contributed by atoms with van der Waals surface area (Å²) in [6, 6.07) is 4.06. The maximum Gasteiger partial charge on any atom is 0.161 e. The van der Waals surface area contributed by atoms with E-state index in [1.54, 1.807) is 0 Å². The van der Waals surface area contributed by atoms with E-state index in [4.69, 9.17) is 5.73 Å². The molecule has 0 bridgehead atoms. The molecule has 3 rings (SSSR count). The molecule has 0 amide bonds. The van der Waals surface area contributed by atoms with Crippen LogP contribution in [0.5, 0.6) is 0 Å². The standard InChI is InChI=1S/C12H16N4S/c13-8-9-3-4-16-11(6-9)14-15-12(16)7-10-2-1-5-17-10/h3-4,6,10H,1-2,5,7-8,13H2. The maximum atomic E-state index is 5.62. The first kappa shape index (κ1) is 11.0. The number of aromatic nitrogens is 3. The van der Waals surface area contributed by atoms with E-state index in [1.165, 1.54) is 18.6 Å². The molecule has 1 unspecified atom stereocenters. The average Bonchev–Trinajstić information content (AvgIpc) is 2.99. The van der Waals surface area contributed by atoms with E-state index < -0.39 is 0 Å². The summed E-state index contributed by atoms with van der Waals surface area (Å²) in [6.45, 7) is 0.553. The lowest BCUT2D eigenvalue weighted by Gasteiger charge is -2.06. The lowest BCUT2D eigenvalue weighted by atomic mass is 10.2. The fourth-order valence-corrected chi connectivity index (χ4v) is 3.52. The van der Waals surface area contributed by atoms with Gasteiger partial charge < -0.3 is 5.73 Å². The number of pyridine rings is 1. The second-order valence-electron chi connectivity index (χ2n) is 4.42. The molecule has 2 aromatic heterocycles. The molecule has 17 heavy (non-hydrogen) atoms. The Hall–Kier alpha value is -1.07. The highest BCUT2D eigenvalue weighted by molar-refractivity contribution is 8.00. The summed E-state index contributed by atoms with van der Waals surface area (Å²) in [5, 5.41) is 9.23. The number of hydrogen-bond acceptors (Lipinski definition) is 4. The molecule has 2 aromatic rings. The zero-order valence-corrected chi connectivity index (χ0v) is 10.5. The molecule has 0 saturated carbocycles. The minimum atomic E-state index is 0.553. The van der Waals surface area contributed by atoms with Crippen molar-refractivity contribution in [3.05, 3.63) is 29.7 Å². The Balaban J connectivity index is 1.89. The number of hydrogen-bond donors (Lipinski definition) is 1. The van der Waals surface area contributed by atoms with E-state index in [0.717, 1.165) is 28.7 Å². The van der Waals surface area contributed by atoms with Gasteiger partial charge in [0.05, 0.1) is 0 Å². The van der Waals surface area contributed by atoms with Gasteiger partial charge in [-0.25, -0.2) is 0 Å². The first-order valence-corrected chi connectivity index (χ1v) is 7.06. The second-order valence-corrected chi connectivity index (χ2v) is 5.83. The Kier molecular flexibility index (Phi) is 3.03. The van der Waals surface area contributed by atoms with Crippen molar-refractivity contribution in [1.29, 1.82) is 0 Å². The number of nitrogens with two attached hydrogens (primary N) is 1. The predicted molar refractivity (Wildman–Crippen MR) is 70.1 cm³/mol. The van der Waals surface area contributed by atoms with Crippen LogP contribution in [0.25, 0.3) is 5.65 Å². The van der Waals surface area contributed by atoms with Crippen LogP contribution in [0, 0.1) is 0 Å². The van der Waals surface area contributed by atoms with E-state index in [9.17, 15) is 0 Å². The van der Waals surface area contributed by atoms with Gasteiger partial charge in [-0.2, -0.15) is 11.8 Å². The van der Waals surface area contributed by atoms with E-state index in [1.807, 2.05) is 18.3 Å². The topological polar surface area (TPSA) is 56.2 Å².